The second-order valence-corrected chi connectivity index (χ2v) is 2.66. The summed E-state index contributed by atoms with van der Waals surface area (Å²) in [5.41, 5.74) is 5.71. The Morgan fingerprint density at radius 1 is 1.67 bits per heavy atom. The van der Waals surface area contributed by atoms with Gasteiger partial charge in [-0.2, -0.15) is 5.10 Å². The van der Waals surface area contributed by atoms with E-state index in [0.717, 1.165) is 18.8 Å². The second-order valence-electron chi connectivity index (χ2n) is 2.66. The maximum absolute atomic E-state index is 5.71. The van der Waals surface area contributed by atoms with E-state index in [1.807, 2.05) is 12.1 Å². The van der Waals surface area contributed by atoms with Gasteiger partial charge in [-0.25, -0.2) is 0 Å². The van der Waals surface area contributed by atoms with Crippen molar-refractivity contribution in [3.05, 3.63) is 18.3 Å². The zero-order valence-corrected chi connectivity index (χ0v) is 7.20. The van der Waals surface area contributed by atoms with E-state index in [4.69, 9.17) is 5.73 Å². The van der Waals surface area contributed by atoms with Gasteiger partial charge in [0.2, 0.25) is 0 Å². The van der Waals surface area contributed by atoms with Crippen molar-refractivity contribution >= 4 is 5.82 Å². The van der Waals surface area contributed by atoms with Crippen LogP contribution in [0, 0.1) is 0 Å². The molecule has 1 aromatic rings. The van der Waals surface area contributed by atoms with Crippen molar-refractivity contribution in [2.45, 2.75) is 19.4 Å². The minimum atomic E-state index is 0.187. The van der Waals surface area contributed by atoms with Crippen LogP contribution in [0.1, 0.15) is 13.3 Å². The zero-order valence-electron chi connectivity index (χ0n) is 7.20. The van der Waals surface area contributed by atoms with E-state index < -0.39 is 0 Å². The summed E-state index contributed by atoms with van der Waals surface area (Å²) in [5, 5.41) is 10.7. The van der Waals surface area contributed by atoms with Crippen molar-refractivity contribution in [2.75, 3.05) is 11.9 Å². The van der Waals surface area contributed by atoms with Crippen molar-refractivity contribution in [1.29, 1.82) is 0 Å². The van der Waals surface area contributed by atoms with Crippen LogP contribution in [0.5, 0.6) is 0 Å². The lowest BCUT2D eigenvalue weighted by Crippen LogP contribution is -2.28. The highest BCUT2D eigenvalue weighted by Gasteiger charge is 1.98. The minimum absolute atomic E-state index is 0.187. The van der Waals surface area contributed by atoms with E-state index in [0.29, 0.717) is 0 Å². The maximum Gasteiger partial charge on any atom is 0.148 e. The molecule has 1 atom stereocenters. The molecule has 0 aromatic carbocycles. The summed E-state index contributed by atoms with van der Waals surface area (Å²) < 4.78 is 0. The largest absolute Gasteiger partial charge is 0.367 e. The highest BCUT2D eigenvalue weighted by molar-refractivity contribution is 5.31. The predicted octanol–water partition coefficient (Wildman–Crippen LogP) is 0.626. The Balaban J connectivity index is 2.33. The molecule has 3 N–H and O–H groups in total. The Morgan fingerprint density at radius 2 is 2.50 bits per heavy atom. The standard InChI is InChI=1S/C8H14N4/c1-2-7(9)6-10-8-4-3-5-11-12-8/h3-5,7H,2,6,9H2,1H3,(H,10,12). The number of anilines is 1. The summed E-state index contributed by atoms with van der Waals surface area (Å²) in [6.07, 6.45) is 2.61. The first kappa shape index (κ1) is 8.93. The summed E-state index contributed by atoms with van der Waals surface area (Å²) in [7, 11) is 0. The van der Waals surface area contributed by atoms with Crippen molar-refractivity contribution in [2.24, 2.45) is 5.73 Å². The van der Waals surface area contributed by atoms with E-state index in [2.05, 4.69) is 22.4 Å². The van der Waals surface area contributed by atoms with Gasteiger partial charge < -0.3 is 11.1 Å². The van der Waals surface area contributed by atoms with Crippen LogP contribution in [0.4, 0.5) is 5.82 Å². The van der Waals surface area contributed by atoms with Gasteiger partial charge in [0.15, 0.2) is 0 Å². The number of nitrogens with zero attached hydrogens (tertiary/aromatic N) is 2. The molecule has 0 aliphatic carbocycles. The lowest BCUT2D eigenvalue weighted by molar-refractivity contribution is 0.677. The Morgan fingerprint density at radius 3 is 3.08 bits per heavy atom. The first-order valence-electron chi connectivity index (χ1n) is 4.10. The number of hydrogen-bond acceptors (Lipinski definition) is 4. The van der Waals surface area contributed by atoms with E-state index >= 15 is 0 Å². The Kier molecular flexibility index (Phi) is 3.47. The number of nitrogens with two attached hydrogens (primary N) is 1. The molecule has 0 fully saturated rings. The molecule has 66 valence electrons. The second kappa shape index (κ2) is 4.66. The molecule has 0 amide bonds. The highest BCUT2D eigenvalue weighted by atomic mass is 15.2. The Labute approximate surface area is 72.2 Å². The van der Waals surface area contributed by atoms with Crippen LogP contribution in [0.25, 0.3) is 0 Å². The molecule has 4 heteroatoms. The number of aromatic nitrogens is 2. The maximum atomic E-state index is 5.71. The molecular formula is C8H14N4. The molecular weight excluding hydrogens is 152 g/mol. The smallest absolute Gasteiger partial charge is 0.148 e. The molecule has 12 heavy (non-hydrogen) atoms. The van der Waals surface area contributed by atoms with E-state index in [1.54, 1.807) is 6.20 Å². The Bertz CT molecular complexity index is 212. The third-order valence-corrected chi connectivity index (χ3v) is 1.64. The highest BCUT2D eigenvalue weighted by Crippen LogP contribution is 1.97. The van der Waals surface area contributed by atoms with Gasteiger partial charge in [-0.3, -0.25) is 0 Å². The van der Waals surface area contributed by atoms with Gasteiger partial charge in [-0.15, -0.1) is 5.10 Å². The average molecular weight is 166 g/mol. The molecule has 0 aliphatic heterocycles. The van der Waals surface area contributed by atoms with Gasteiger partial charge >= 0.3 is 0 Å². The lowest BCUT2D eigenvalue weighted by Gasteiger charge is -2.09. The molecule has 4 nitrogen and oxygen atoms in total. The molecule has 0 radical (unpaired) electrons. The van der Waals surface area contributed by atoms with Gasteiger partial charge in [-0.05, 0) is 18.6 Å². The monoisotopic (exact) mass is 166 g/mol. The van der Waals surface area contributed by atoms with Gasteiger partial charge in [0.25, 0.3) is 0 Å². The van der Waals surface area contributed by atoms with Crippen molar-refractivity contribution in [3.8, 4) is 0 Å². The summed E-state index contributed by atoms with van der Waals surface area (Å²) in [6.45, 7) is 2.80. The van der Waals surface area contributed by atoms with Crippen LogP contribution in [-0.2, 0) is 0 Å². The van der Waals surface area contributed by atoms with E-state index in [9.17, 15) is 0 Å². The molecule has 1 rings (SSSR count). The number of hydrogen-bond donors (Lipinski definition) is 2. The van der Waals surface area contributed by atoms with Crippen LogP contribution in [0.3, 0.4) is 0 Å². The fourth-order valence-electron chi connectivity index (χ4n) is 0.776. The molecule has 0 saturated carbocycles. The van der Waals surface area contributed by atoms with E-state index in [1.165, 1.54) is 0 Å². The molecule has 0 aliphatic rings. The van der Waals surface area contributed by atoms with Crippen molar-refractivity contribution in [3.63, 3.8) is 0 Å². The predicted molar refractivity (Wildman–Crippen MR) is 48.8 cm³/mol. The van der Waals surface area contributed by atoms with Crippen LogP contribution < -0.4 is 11.1 Å². The van der Waals surface area contributed by atoms with E-state index in [-0.39, 0.29) is 6.04 Å². The molecule has 1 unspecified atom stereocenters. The fraction of sp³-hybridized carbons (Fsp3) is 0.500. The van der Waals surface area contributed by atoms with Crippen LogP contribution in [-0.4, -0.2) is 22.8 Å². The summed E-state index contributed by atoms with van der Waals surface area (Å²) >= 11 is 0. The van der Waals surface area contributed by atoms with Crippen LogP contribution >= 0.6 is 0 Å². The summed E-state index contributed by atoms with van der Waals surface area (Å²) in [5.74, 6) is 0.779. The fourth-order valence-corrected chi connectivity index (χ4v) is 0.776. The van der Waals surface area contributed by atoms with Crippen molar-refractivity contribution < 1.29 is 0 Å². The first-order valence-corrected chi connectivity index (χ1v) is 4.10. The summed E-state index contributed by atoms with van der Waals surface area (Å²) in [6, 6.07) is 3.90. The molecule has 1 heterocycles. The average Bonchev–Trinajstić information content (AvgIpc) is 2.16. The third kappa shape index (κ3) is 2.84. The zero-order chi connectivity index (χ0) is 8.81. The normalized spacial score (nSPS) is 12.5. The van der Waals surface area contributed by atoms with Crippen LogP contribution in [0.15, 0.2) is 18.3 Å². The first-order chi connectivity index (χ1) is 5.83. The molecule has 0 spiro atoms. The SMILES string of the molecule is CCC(N)CNc1cccnn1. The van der Waals surface area contributed by atoms with Gasteiger partial charge in [0.05, 0.1) is 0 Å². The van der Waals surface area contributed by atoms with Gasteiger partial charge in [0, 0.05) is 18.8 Å². The molecule has 0 saturated heterocycles. The van der Waals surface area contributed by atoms with Gasteiger partial charge in [-0.1, -0.05) is 6.92 Å². The number of rotatable bonds is 4. The van der Waals surface area contributed by atoms with Gasteiger partial charge in [0.1, 0.15) is 5.82 Å². The quantitative estimate of drug-likeness (QED) is 0.688. The minimum Gasteiger partial charge on any atom is -0.367 e. The number of nitrogens with one attached hydrogen (secondary N) is 1. The lowest BCUT2D eigenvalue weighted by atomic mass is 10.2. The third-order valence-electron chi connectivity index (χ3n) is 1.64. The Hall–Kier alpha value is -1.16. The topological polar surface area (TPSA) is 63.8 Å². The summed E-state index contributed by atoms with van der Waals surface area (Å²) in [4.78, 5) is 0. The molecule has 1 aromatic heterocycles. The van der Waals surface area contributed by atoms with Crippen molar-refractivity contribution in [1.82, 2.24) is 10.2 Å². The molecule has 0 bridgehead atoms. The van der Waals surface area contributed by atoms with Crippen LogP contribution in [0.2, 0.25) is 0 Å².